The second kappa shape index (κ2) is 4.52. The highest BCUT2D eigenvalue weighted by molar-refractivity contribution is 4.93. The molecule has 66 valence electrons. The van der Waals surface area contributed by atoms with Gasteiger partial charge in [-0.25, -0.2) is 0 Å². The van der Waals surface area contributed by atoms with Crippen LogP contribution in [0.1, 0.15) is 35.0 Å². The molecule has 2 heteroatoms. The predicted octanol–water partition coefficient (Wildman–Crippen LogP) is 1.48. The van der Waals surface area contributed by atoms with Gasteiger partial charge in [-0.15, -0.1) is 0 Å². The smallest absolute Gasteiger partial charge is 0.0852 e. The summed E-state index contributed by atoms with van der Waals surface area (Å²) in [6.45, 7) is 5.00. The number of hydrogen-bond donors (Lipinski definition) is 2. The van der Waals surface area contributed by atoms with Gasteiger partial charge in [-0.2, -0.15) is 0 Å². The molecular weight excluding hydrogens is 140 g/mol. The van der Waals surface area contributed by atoms with E-state index in [1.807, 2.05) is 19.9 Å². The lowest BCUT2D eigenvalue weighted by molar-refractivity contribution is -0.00424. The van der Waals surface area contributed by atoms with Gasteiger partial charge < -0.3 is 10.2 Å². The molecule has 0 saturated carbocycles. The molecule has 0 spiro atoms. The summed E-state index contributed by atoms with van der Waals surface area (Å²) < 4.78 is 7.51. The fourth-order valence-electron chi connectivity index (χ4n) is 0.613. The Labute approximate surface area is 70.0 Å². The van der Waals surface area contributed by atoms with Crippen LogP contribution in [0.15, 0.2) is 11.6 Å². The van der Waals surface area contributed by atoms with Crippen LogP contribution in [0.3, 0.4) is 0 Å². The topological polar surface area (TPSA) is 40.5 Å². The van der Waals surface area contributed by atoms with Crippen molar-refractivity contribution >= 4 is 0 Å². The van der Waals surface area contributed by atoms with Crippen molar-refractivity contribution in [3.63, 3.8) is 0 Å². The third kappa shape index (κ3) is 6.07. The highest BCUT2D eigenvalue weighted by atomic mass is 16.3. The minimum atomic E-state index is -1.29. The molecule has 0 heterocycles. The number of aliphatic hydroxyl groups excluding tert-OH is 1. The molecule has 0 aliphatic rings. The average molecular weight is 159 g/mol. The van der Waals surface area contributed by atoms with E-state index < -0.39 is 12.0 Å². The van der Waals surface area contributed by atoms with Crippen molar-refractivity contribution in [2.24, 2.45) is 0 Å². The number of hydrogen-bond acceptors (Lipinski definition) is 2. The molecule has 2 nitrogen and oxygen atoms in total. The van der Waals surface area contributed by atoms with E-state index in [1.165, 1.54) is 6.92 Å². The van der Waals surface area contributed by atoms with Crippen molar-refractivity contribution in [3.8, 4) is 0 Å². The van der Waals surface area contributed by atoms with Crippen LogP contribution in [-0.2, 0) is 0 Å². The second-order valence-corrected chi connectivity index (χ2v) is 3.24. The normalized spacial score (nSPS) is 19.9. The maximum atomic E-state index is 9.44. The molecule has 0 bridgehead atoms. The van der Waals surface area contributed by atoms with Gasteiger partial charge in [0.2, 0.25) is 0 Å². The summed E-state index contributed by atoms with van der Waals surface area (Å²) in [4.78, 5) is 0. The van der Waals surface area contributed by atoms with E-state index >= 15 is 0 Å². The molecule has 0 saturated heterocycles. The molecule has 2 atom stereocenters. The summed E-state index contributed by atoms with van der Waals surface area (Å²) in [7, 11) is 0. The zero-order chi connectivity index (χ0) is 9.78. The Morgan fingerprint density at radius 1 is 1.64 bits per heavy atom. The van der Waals surface area contributed by atoms with Crippen LogP contribution < -0.4 is 0 Å². The lowest BCUT2D eigenvalue weighted by atomic mass is 10.0. The van der Waals surface area contributed by atoms with Gasteiger partial charge in [0.15, 0.2) is 0 Å². The molecule has 0 aromatic rings. The van der Waals surface area contributed by atoms with Gasteiger partial charge in [-0.1, -0.05) is 11.6 Å². The summed E-state index contributed by atoms with van der Waals surface area (Å²) in [5.74, 6) is 0. The molecular formula is C9H18O2. The number of rotatable bonds is 4. The maximum absolute atomic E-state index is 9.44. The summed E-state index contributed by atoms with van der Waals surface area (Å²) in [5, 5.41) is 18.2. The van der Waals surface area contributed by atoms with Crippen LogP contribution in [0, 0.1) is 0 Å². The highest BCUT2D eigenvalue weighted by Gasteiger charge is 2.16. The van der Waals surface area contributed by atoms with E-state index in [-0.39, 0.29) is 6.61 Å². The van der Waals surface area contributed by atoms with Crippen LogP contribution in [0.25, 0.3) is 0 Å². The Hall–Kier alpha value is -0.340. The standard InChI is InChI=1S/C9H18O2/c1-8(2)5-4-6-9(3,11)7-10/h5,10-11H,4,6-7H2,1-3H3/i6D. The Bertz CT molecular complexity index is 160. The molecule has 0 radical (unpaired) electrons. The highest BCUT2D eigenvalue weighted by Crippen LogP contribution is 2.11. The first-order chi connectivity index (χ1) is 5.40. The van der Waals surface area contributed by atoms with Crippen LogP contribution in [0.5, 0.6) is 0 Å². The maximum Gasteiger partial charge on any atom is 0.0852 e. The number of allylic oxidation sites excluding steroid dienone is 2. The van der Waals surface area contributed by atoms with Crippen molar-refractivity contribution in [1.82, 2.24) is 0 Å². The van der Waals surface area contributed by atoms with Crippen molar-refractivity contribution in [1.29, 1.82) is 0 Å². The van der Waals surface area contributed by atoms with E-state index in [4.69, 9.17) is 6.48 Å². The van der Waals surface area contributed by atoms with Gasteiger partial charge >= 0.3 is 0 Å². The molecule has 0 rings (SSSR count). The number of aliphatic hydroxyl groups is 2. The molecule has 2 unspecified atom stereocenters. The fraction of sp³-hybridized carbons (Fsp3) is 0.778. The van der Waals surface area contributed by atoms with Gasteiger partial charge in [0.25, 0.3) is 0 Å². The SMILES string of the molecule is [2H]C(CC=C(C)C)C(C)(O)CO. The van der Waals surface area contributed by atoms with Gasteiger partial charge in [0.1, 0.15) is 0 Å². The minimum absolute atomic E-state index is 0.363. The Morgan fingerprint density at radius 3 is 2.55 bits per heavy atom. The van der Waals surface area contributed by atoms with E-state index in [9.17, 15) is 5.11 Å². The third-order valence-corrected chi connectivity index (χ3v) is 1.40. The zero-order valence-corrected chi connectivity index (χ0v) is 7.46. The third-order valence-electron chi connectivity index (χ3n) is 1.40. The van der Waals surface area contributed by atoms with E-state index in [1.54, 1.807) is 0 Å². The first-order valence-electron chi connectivity index (χ1n) is 4.36. The summed E-state index contributed by atoms with van der Waals surface area (Å²) in [5.41, 5.74) is -0.160. The quantitative estimate of drug-likeness (QED) is 0.610. The largest absolute Gasteiger partial charge is 0.393 e. The second-order valence-electron chi connectivity index (χ2n) is 3.24. The van der Waals surface area contributed by atoms with E-state index in [2.05, 4.69) is 0 Å². The van der Waals surface area contributed by atoms with Gasteiger partial charge in [-0.05, 0) is 33.6 Å². The molecule has 0 amide bonds. The Morgan fingerprint density at radius 2 is 2.18 bits per heavy atom. The van der Waals surface area contributed by atoms with Gasteiger partial charge in [-0.3, -0.25) is 0 Å². The molecule has 0 fully saturated rings. The van der Waals surface area contributed by atoms with Crippen molar-refractivity contribution < 1.29 is 11.6 Å². The van der Waals surface area contributed by atoms with Crippen LogP contribution >= 0.6 is 0 Å². The summed E-state index contributed by atoms with van der Waals surface area (Å²) in [6, 6.07) is 0. The first-order valence-corrected chi connectivity index (χ1v) is 3.79. The molecule has 2 N–H and O–H groups in total. The Kier molecular flexibility index (Phi) is 3.60. The lowest BCUT2D eigenvalue weighted by Crippen LogP contribution is -2.28. The summed E-state index contributed by atoms with van der Waals surface area (Å²) >= 11 is 0. The molecule has 0 aliphatic heterocycles. The van der Waals surface area contributed by atoms with Crippen LogP contribution in [0.4, 0.5) is 0 Å². The molecule has 0 aromatic carbocycles. The van der Waals surface area contributed by atoms with Crippen LogP contribution in [0.2, 0.25) is 0 Å². The van der Waals surface area contributed by atoms with Crippen molar-refractivity contribution in [2.75, 3.05) is 6.61 Å². The van der Waals surface area contributed by atoms with E-state index in [0.29, 0.717) is 6.42 Å². The monoisotopic (exact) mass is 159 g/mol. The molecule has 11 heavy (non-hydrogen) atoms. The fourth-order valence-corrected chi connectivity index (χ4v) is 0.613. The van der Waals surface area contributed by atoms with Gasteiger partial charge in [0.05, 0.1) is 12.2 Å². The van der Waals surface area contributed by atoms with E-state index in [0.717, 1.165) is 5.57 Å². The van der Waals surface area contributed by atoms with Crippen LogP contribution in [-0.4, -0.2) is 22.4 Å². The molecule has 0 aliphatic carbocycles. The molecule has 0 aromatic heterocycles. The lowest BCUT2D eigenvalue weighted by Gasteiger charge is -2.18. The average Bonchev–Trinajstić information content (AvgIpc) is 2.00. The van der Waals surface area contributed by atoms with Crippen molar-refractivity contribution in [3.05, 3.63) is 11.6 Å². The van der Waals surface area contributed by atoms with Crippen molar-refractivity contribution in [2.45, 2.75) is 39.2 Å². The predicted molar refractivity (Wildman–Crippen MR) is 46.4 cm³/mol. The zero-order valence-electron chi connectivity index (χ0n) is 8.46. The minimum Gasteiger partial charge on any atom is -0.393 e. The first kappa shape index (κ1) is 8.75. The van der Waals surface area contributed by atoms with Gasteiger partial charge in [0, 0.05) is 1.37 Å². The Balaban J connectivity index is 4.03. The summed E-state index contributed by atoms with van der Waals surface area (Å²) in [6.07, 6.45) is 1.72.